The Morgan fingerprint density at radius 3 is 2.73 bits per heavy atom. The van der Waals surface area contributed by atoms with Crippen LogP contribution in [0.25, 0.3) is 10.2 Å². The Bertz CT molecular complexity index is 990. The zero-order valence-corrected chi connectivity index (χ0v) is 18.6. The molecular formula is C21H27N3O4S2. The second-order valence-corrected chi connectivity index (χ2v) is 10.2. The zero-order valence-electron chi connectivity index (χ0n) is 17.0. The first-order valence-corrected chi connectivity index (χ1v) is 12.7. The van der Waals surface area contributed by atoms with Gasteiger partial charge in [-0.3, -0.25) is 14.2 Å². The fourth-order valence-electron chi connectivity index (χ4n) is 4.54. The number of carbonyl (C=O) groups is 1. The number of hydrogen-bond acceptors (Lipinski definition) is 7. The number of fused-ring (bicyclic) bond motifs is 3. The van der Waals surface area contributed by atoms with Crippen LogP contribution in [0.2, 0.25) is 0 Å². The third-order valence-electron chi connectivity index (χ3n) is 6.08. The number of aromatic nitrogens is 2. The molecule has 4 heterocycles. The van der Waals surface area contributed by atoms with Crippen LogP contribution in [0.1, 0.15) is 42.5 Å². The predicted octanol–water partition coefficient (Wildman–Crippen LogP) is 2.51. The summed E-state index contributed by atoms with van der Waals surface area (Å²) < 4.78 is 13.1. The molecule has 5 rings (SSSR count). The lowest BCUT2D eigenvalue weighted by molar-refractivity contribution is -0.119. The van der Waals surface area contributed by atoms with Gasteiger partial charge in [-0.25, -0.2) is 4.98 Å². The van der Waals surface area contributed by atoms with Crippen LogP contribution >= 0.6 is 23.1 Å². The highest BCUT2D eigenvalue weighted by Crippen LogP contribution is 2.35. The van der Waals surface area contributed by atoms with E-state index in [0.29, 0.717) is 18.2 Å². The molecule has 3 aliphatic rings. The van der Waals surface area contributed by atoms with Crippen molar-refractivity contribution in [1.82, 2.24) is 14.9 Å². The molecule has 0 saturated carbocycles. The molecular weight excluding hydrogens is 422 g/mol. The van der Waals surface area contributed by atoms with Gasteiger partial charge in [-0.1, -0.05) is 11.8 Å². The number of aryl methyl sites for hydroxylation is 2. The first-order valence-electron chi connectivity index (χ1n) is 10.9. The minimum Gasteiger partial charge on any atom is -0.376 e. The van der Waals surface area contributed by atoms with E-state index < -0.39 is 0 Å². The maximum Gasteiger partial charge on any atom is 0.263 e. The molecule has 162 valence electrons. The van der Waals surface area contributed by atoms with Gasteiger partial charge >= 0.3 is 0 Å². The highest BCUT2D eigenvalue weighted by atomic mass is 32.2. The maximum absolute atomic E-state index is 13.4. The van der Waals surface area contributed by atoms with Crippen molar-refractivity contribution in [3.05, 3.63) is 20.8 Å². The fraction of sp³-hybridized carbons (Fsp3) is 0.667. The molecule has 0 bridgehead atoms. The van der Waals surface area contributed by atoms with Gasteiger partial charge in [0.25, 0.3) is 5.56 Å². The number of ether oxygens (including phenoxy) is 2. The zero-order chi connectivity index (χ0) is 20.5. The van der Waals surface area contributed by atoms with Gasteiger partial charge in [0.05, 0.1) is 29.9 Å². The normalized spacial score (nSPS) is 23.3. The smallest absolute Gasteiger partial charge is 0.263 e. The summed E-state index contributed by atoms with van der Waals surface area (Å²) in [4.78, 5) is 32.8. The molecule has 2 aromatic heterocycles. The first kappa shape index (κ1) is 20.5. The number of nitrogens with zero attached hydrogens (tertiary/aromatic N) is 2. The summed E-state index contributed by atoms with van der Waals surface area (Å²) in [6, 6.07) is 0. The Balaban J connectivity index is 1.36. The maximum atomic E-state index is 13.4. The van der Waals surface area contributed by atoms with Gasteiger partial charge < -0.3 is 14.8 Å². The van der Waals surface area contributed by atoms with Crippen LogP contribution in [-0.4, -0.2) is 53.2 Å². The minimum atomic E-state index is -0.0535. The Morgan fingerprint density at radius 2 is 1.97 bits per heavy atom. The van der Waals surface area contributed by atoms with Gasteiger partial charge in [-0.15, -0.1) is 11.3 Å². The number of thioether (sulfide) groups is 1. The Hall–Kier alpha value is -1.42. The van der Waals surface area contributed by atoms with Crippen LogP contribution in [-0.2, 0) is 33.7 Å². The molecule has 0 radical (unpaired) electrons. The average Bonchev–Trinajstić information content (AvgIpc) is 3.51. The van der Waals surface area contributed by atoms with Gasteiger partial charge in [0.15, 0.2) is 5.16 Å². The van der Waals surface area contributed by atoms with E-state index in [1.807, 2.05) is 0 Å². The van der Waals surface area contributed by atoms with Crippen molar-refractivity contribution in [3.63, 3.8) is 0 Å². The van der Waals surface area contributed by atoms with Gasteiger partial charge in [-0.2, -0.15) is 0 Å². The molecule has 2 atom stereocenters. The number of carbonyl (C=O) groups excluding carboxylic acids is 1. The van der Waals surface area contributed by atoms with Crippen molar-refractivity contribution in [2.75, 3.05) is 25.5 Å². The first-order chi connectivity index (χ1) is 14.7. The number of rotatable bonds is 7. The summed E-state index contributed by atoms with van der Waals surface area (Å²) in [6.07, 6.45) is 7.31. The third kappa shape index (κ3) is 4.17. The summed E-state index contributed by atoms with van der Waals surface area (Å²) >= 11 is 2.98. The van der Waals surface area contributed by atoms with Crippen molar-refractivity contribution < 1.29 is 14.3 Å². The molecule has 0 spiro atoms. The van der Waals surface area contributed by atoms with E-state index in [-0.39, 0.29) is 29.4 Å². The second-order valence-electron chi connectivity index (χ2n) is 8.21. The lowest BCUT2D eigenvalue weighted by Crippen LogP contribution is -2.33. The number of nitrogens with one attached hydrogen (secondary N) is 1. The Kier molecular flexibility index (Phi) is 6.13. The Morgan fingerprint density at radius 1 is 1.17 bits per heavy atom. The van der Waals surface area contributed by atoms with Gasteiger partial charge in [0.2, 0.25) is 5.91 Å². The molecule has 1 amide bonds. The lowest BCUT2D eigenvalue weighted by atomic mass is 10.2. The molecule has 9 heteroatoms. The largest absolute Gasteiger partial charge is 0.376 e. The monoisotopic (exact) mass is 449 g/mol. The van der Waals surface area contributed by atoms with Gasteiger partial charge in [0, 0.05) is 24.6 Å². The molecule has 0 unspecified atom stereocenters. The van der Waals surface area contributed by atoms with Crippen LogP contribution in [0.3, 0.4) is 0 Å². The minimum absolute atomic E-state index is 0.0252. The average molecular weight is 450 g/mol. The lowest BCUT2D eigenvalue weighted by Gasteiger charge is -2.16. The Labute approximate surface area is 183 Å². The van der Waals surface area contributed by atoms with Crippen LogP contribution in [0.15, 0.2) is 9.95 Å². The van der Waals surface area contributed by atoms with Crippen molar-refractivity contribution in [1.29, 1.82) is 0 Å². The number of amides is 1. The quantitative estimate of drug-likeness (QED) is 0.517. The van der Waals surface area contributed by atoms with Crippen LogP contribution in [0.4, 0.5) is 0 Å². The van der Waals surface area contributed by atoms with Crippen LogP contribution in [0, 0.1) is 0 Å². The van der Waals surface area contributed by atoms with E-state index >= 15 is 0 Å². The molecule has 2 saturated heterocycles. The van der Waals surface area contributed by atoms with Crippen LogP contribution in [0.5, 0.6) is 0 Å². The summed E-state index contributed by atoms with van der Waals surface area (Å²) in [5.74, 6) is 0.184. The standard InChI is InChI=1S/C21H27N3O4S2/c25-17(22-10-13-4-2-8-27-13)12-29-21-23-19-18(15-6-1-7-16(15)30-19)20(26)24(21)11-14-5-3-9-28-14/h13-14H,1-12H2,(H,22,25)/t13-,14+/m1/s1. The summed E-state index contributed by atoms with van der Waals surface area (Å²) in [5.41, 5.74) is 1.22. The van der Waals surface area contributed by atoms with Gasteiger partial charge in [-0.05, 0) is 50.5 Å². The third-order valence-corrected chi connectivity index (χ3v) is 8.25. The van der Waals surface area contributed by atoms with Crippen molar-refractivity contribution in [3.8, 4) is 0 Å². The van der Waals surface area contributed by atoms with Crippen LogP contribution < -0.4 is 10.9 Å². The molecule has 30 heavy (non-hydrogen) atoms. The molecule has 2 aromatic rings. The molecule has 2 aliphatic heterocycles. The summed E-state index contributed by atoms with van der Waals surface area (Å²) in [6.45, 7) is 2.58. The van der Waals surface area contributed by atoms with E-state index in [0.717, 1.165) is 68.4 Å². The molecule has 2 fully saturated rings. The van der Waals surface area contributed by atoms with E-state index in [1.165, 1.54) is 22.2 Å². The highest BCUT2D eigenvalue weighted by Gasteiger charge is 2.26. The van der Waals surface area contributed by atoms with Crippen molar-refractivity contribution in [2.24, 2.45) is 0 Å². The second kappa shape index (κ2) is 8.98. The van der Waals surface area contributed by atoms with Crippen molar-refractivity contribution >= 4 is 39.2 Å². The van der Waals surface area contributed by atoms with E-state index in [2.05, 4.69) is 5.32 Å². The molecule has 7 nitrogen and oxygen atoms in total. The SMILES string of the molecule is O=C(CSc1nc2sc3c(c2c(=O)n1C[C@@H]1CCCO1)CCC3)NC[C@H]1CCCO1. The van der Waals surface area contributed by atoms with E-state index in [9.17, 15) is 9.59 Å². The van der Waals surface area contributed by atoms with E-state index in [4.69, 9.17) is 14.5 Å². The van der Waals surface area contributed by atoms with Gasteiger partial charge in [0.1, 0.15) is 4.83 Å². The summed E-state index contributed by atoms with van der Waals surface area (Å²) in [7, 11) is 0. The highest BCUT2D eigenvalue weighted by molar-refractivity contribution is 7.99. The number of hydrogen-bond donors (Lipinski definition) is 1. The summed E-state index contributed by atoms with van der Waals surface area (Å²) in [5, 5.41) is 4.36. The molecule has 0 aromatic carbocycles. The predicted molar refractivity (Wildman–Crippen MR) is 118 cm³/mol. The topological polar surface area (TPSA) is 82.5 Å². The van der Waals surface area contributed by atoms with Crippen molar-refractivity contribution in [2.45, 2.75) is 68.9 Å². The van der Waals surface area contributed by atoms with E-state index in [1.54, 1.807) is 15.9 Å². The molecule has 1 aliphatic carbocycles. The fourth-order valence-corrected chi connectivity index (χ4v) is 6.68. The number of thiophene rings is 1. The molecule has 1 N–H and O–H groups in total.